The van der Waals surface area contributed by atoms with Crippen LogP contribution in [0.3, 0.4) is 0 Å². The van der Waals surface area contributed by atoms with Crippen LogP contribution in [-0.4, -0.2) is 18.2 Å². The molecule has 0 N–H and O–H groups in total. The lowest BCUT2D eigenvalue weighted by atomic mass is 9.72. The van der Waals surface area contributed by atoms with Gasteiger partial charge in [0.2, 0.25) is 0 Å². The first-order chi connectivity index (χ1) is 7.88. The molecule has 94 valence electrons. The highest BCUT2D eigenvalue weighted by molar-refractivity contribution is 5.75. The van der Waals surface area contributed by atoms with E-state index in [9.17, 15) is 9.90 Å². The third-order valence-corrected chi connectivity index (χ3v) is 3.70. The molecule has 1 fully saturated rings. The molecule has 0 heterocycles. The average molecular weight is 235 g/mol. The first-order valence-electron chi connectivity index (χ1n) is 5.81. The molecule has 17 heavy (non-hydrogen) atoms. The van der Waals surface area contributed by atoms with Gasteiger partial charge in [-0.25, -0.2) is 0 Å². The van der Waals surface area contributed by atoms with Gasteiger partial charge in [-0.2, -0.15) is 0 Å². The fraction of sp³-hybridized carbons (Fsp3) is 0.643. The van der Waals surface area contributed by atoms with Crippen LogP contribution >= 0.6 is 0 Å². The van der Waals surface area contributed by atoms with E-state index in [1.54, 1.807) is 0 Å². The molecule has 3 heteroatoms. The molecule has 0 aromatic rings. The van der Waals surface area contributed by atoms with Crippen LogP contribution in [0.4, 0.5) is 0 Å². The van der Waals surface area contributed by atoms with E-state index < -0.39 is 17.0 Å². The Morgan fingerprint density at radius 3 is 2.71 bits per heavy atom. The molecule has 2 unspecified atom stereocenters. The quantitative estimate of drug-likeness (QED) is 0.533. The van der Waals surface area contributed by atoms with Gasteiger partial charge in [0.1, 0.15) is 0 Å². The minimum atomic E-state index is -1.10. The Labute approximate surface area is 103 Å². The Morgan fingerprint density at radius 1 is 1.59 bits per heavy atom. The minimum Gasteiger partial charge on any atom is -0.549 e. The second-order valence-corrected chi connectivity index (χ2v) is 5.08. The zero-order chi connectivity index (χ0) is 13.1. The second-order valence-electron chi connectivity index (χ2n) is 5.08. The summed E-state index contributed by atoms with van der Waals surface area (Å²) >= 11 is 0. The summed E-state index contributed by atoms with van der Waals surface area (Å²) in [6.07, 6.45) is 7.45. The van der Waals surface area contributed by atoms with E-state index in [-0.39, 0.29) is 6.42 Å². The molecule has 1 rings (SSSR count). The fourth-order valence-corrected chi connectivity index (χ4v) is 2.56. The maximum Gasteiger partial charge on any atom is 0.0776 e. The van der Waals surface area contributed by atoms with Crippen LogP contribution in [0.1, 0.15) is 39.5 Å². The highest BCUT2D eigenvalue weighted by Gasteiger charge is 2.53. The molecule has 1 aliphatic rings. The van der Waals surface area contributed by atoms with Crippen LogP contribution in [0.5, 0.6) is 0 Å². The summed E-state index contributed by atoms with van der Waals surface area (Å²) in [7, 11) is 0. The Kier molecular flexibility index (Phi) is 4.00. The van der Waals surface area contributed by atoms with Gasteiger partial charge in [0.25, 0.3) is 0 Å². The third-order valence-electron chi connectivity index (χ3n) is 3.70. The van der Waals surface area contributed by atoms with E-state index in [1.807, 2.05) is 13.8 Å². The molecule has 0 spiro atoms. The highest BCUT2D eigenvalue weighted by atomic mass is 16.5. The summed E-state index contributed by atoms with van der Waals surface area (Å²) < 4.78 is 5.77. The molecule has 1 saturated carbocycles. The lowest BCUT2D eigenvalue weighted by Gasteiger charge is -2.43. The number of carboxylic acid groups (broad SMARTS) is 1. The molecule has 3 nitrogen and oxygen atoms in total. The van der Waals surface area contributed by atoms with Crippen molar-refractivity contribution in [3.8, 4) is 12.3 Å². The average Bonchev–Trinajstić information content (AvgIpc) is 2.56. The number of hydrogen-bond donors (Lipinski definition) is 0. The molecular weight excluding hydrogens is 216 g/mol. The van der Waals surface area contributed by atoms with Crippen molar-refractivity contribution < 1.29 is 14.6 Å². The molecule has 1 aliphatic carbocycles. The molecule has 0 amide bonds. The van der Waals surface area contributed by atoms with E-state index in [1.165, 1.54) is 0 Å². The van der Waals surface area contributed by atoms with Crippen LogP contribution in [0.15, 0.2) is 12.2 Å². The predicted molar refractivity (Wildman–Crippen MR) is 63.9 cm³/mol. The van der Waals surface area contributed by atoms with Crippen molar-refractivity contribution in [2.45, 2.75) is 45.1 Å². The number of carbonyl (C=O) groups excluding carboxylic acids is 1. The number of carboxylic acids is 1. The standard InChI is InChI=1S/C14H20O3/c1-5-7-14(12(15)16)9-6-8-13(14,4)17-10-11(2)3/h1H,2,6-10H2,3-4H3,(H,15,16)/p-1. The number of aliphatic carboxylic acids is 1. The summed E-state index contributed by atoms with van der Waals surface area (Å²) in [4.78, 5) is 11.5. The predicted octanol–water partition coefficient (Wildman–Crippen LogP) is 1.28. The van der Waals surface area contributed by atoms with E-state index >= 15 is 0 Å². The monoisotopic (exact) mass is 235 g/mol. The first-order valence-corrected chi connectivity index (χ1v) is 5.81. The number of ether oxygens (including phenoxy) is 1. The number of terminal acetylenes is 1. The first kappa shape index (κ1) is 13.8. The molecular formula is C14H19O3-. The van der Waals surface area contributed by atoms with Crippen LogP contribution in [0.25, 0.3) is 0 Å². The van der Waals surface area contributed by atoms with Gasteiger partial charge in [0.05, 0.1) is 18.2 Å². The SMILES string of the molecule is C#CCC1(C(=O)[O-])CCCC1(C)OCC(=C)C. The molecule has 0 aromatic carbocycles. The summed E-state index contributed by atoms with van der Waals surface area (Å²) in [5, 5.41) is 11.5. The number of rotatable bonds is 5. The Hall–Kier alpha value is -1.27. The Balaban J connectivity index is 2.98. The van der Waals surface area contributed by atoms with Crippen molar-refractivity contribution in [2.75, 3.05) is 6.61 Å². The molecule has 0 bridgehead atoms. The summed E-state index contributed by atoms with van der Waals surface area (Å²) in [6.45, 7) is 7.78. The van der Waals surface area contributed by atoms with Crippen LogP contribution in [-0.2, 0) is 9.53 Å². The van der Waals surface area contributed by atoms with E-state index in [0.717, 1.165) is 12.0 Å². The summed E-state index contributed by atoms with van der Waals surface area (Å²) in [5.74, 6) is 1.35. The van der Waals surface area contributed by atoms with Crippen molar-refractivity contribution in [1.82, 2.24) is 0 Å². The van der Waals surface area contributed by atoms with Crippen molar-refractivity contribution >= 4 is 5.97 Å². The molecule has 0 aliphatic heterocycles. The highest BCUT2D eigenvalue weighted by Crippen LogP contribution is 2.50. The van der Waals surface area contributed by atoms with Crippen LogP contribution in [0, 0.1) is 17.8 Å². The topological polar surface area (TPSA) is 49.4 Å². The van der Waals surface area contributed by atoms with Gasteiger partial charge in [0.15, 0.2) is 0 Å². The minimum absolute atomic E-state index is 0.155. The van der Waals surface area contributed by atoms with Crippen molar-refractivity contribution in [2.24, 2.45) is 5.41 Å². The van der Waals surface area contributed by atoms with Gasteiger partial charge in [-0.15, -0.1) is 12.3 Å². The molecule has 0 aromatic heterocycles. The Bertz CT molecular complexity index is 366. The van der Waals surface area contributed by atoms with Gasteiger partial charge in [-0.3, -0.25) is 0 Å². The maximum atomic E-state index is 11.5. The van der Waals surface area contributed by atoms with Gasteiger partial charge in [-0.1, -0.05) is 12.2 Å². The molecule has 2 atom stereocenters. The van der Waals surface area contributed by atoms with Crippen molar-refractivity contribution in [1.29, 1.82) is 0 Å². The second kappa shape index (κ2) is 4.93. The molecule has 0 radical (unpaired) electrons. The van der Waals surface area contributed by atoms with Crippen LogP contribution < -0.4 is 5.11 Å². The van der Waals surface area contributed by atoms with Crippen molar-refractivity contribution in [3.63, 3.8) is 0 Å². The molecule has 0 saturated heterocycles. The lowest BCUT2D eigenvalue weighted by Crippen LogP contribution is -2.54. The zero-order valence-electron chi connectivity index (χ0n) is 10.5. The number of hydrogen-bond acceptors (Lipinski definition) is 3. The van der Waals surface area contributed by atoms with E-state index in [2.05, 4.69) is 12.5 Å². The van der Waals surface area contributed by atoms with Crippen molar-refractivity contribution in [3.05, 3.63) is 12.2 Å². The zero-order valence-corrected chi connectivity index (χ0v) is 10.5. The maximum absolute atomic E-state index is 11.5. The normalized spacial score (nSPS) is 32.1. The third kappa shape index (κ3) is 2.37. The lowest BCUT2D eigenvalue weighted by molar-refractivity contribution is -0.327. The van der Waals surface area contributed by atoms with E-state index in [0.29, 0.717) is 19.4 Å². The smallest absolute Gasteiger partial charge is 0.0776 e. The summed E-state index contributed by atoms with van der Waals surface area (Å²) in [6, 6.07) is 0. The fourth-order valence-electron chi connectivity index (χ4n) is 2.56. The number of carbonyl (C=O) groups is 1. The Morgan fingerprint density at radius 2 is 2.24 bits per heavy atom. The van der Waals surface area contributed by atoms with Crippen LogP contribution in [0.2, 0.25) is 0 Å². The largest absolute Gasteiger partial charge is 0.549 e. The van der Waals surface area contributed by atoms with E-state index in [4.69, 9.17) is 11.2 Å². The summed E-state index contributed by atoms with van der Waals surface area (Å²) in [5.41, 5.74) is -0.944. The van der Waals surface area contributed by atoms with Gasteiger partial charge in [-0.05, 0) is 33.1 Å². The van der Waals surface area contributed by atoms with Gasteiger partial charge < -0.3 is 14.6 Å². The van der Waals surface area contributed by atoms with Gasteiger partial charge >= 0.3 is 0 Å². The van der Waals surface area contributed by atoms with Gasteiger partial charge in [0, 0.05) is 11.8 Å².